The lowest BCUT2D eigenvalue weighted by molar-refractivity contribution is -0.137. The number of hydrogen-bond donors (Lipinski definition) is 1. The van der Waals surface area contributed by atoms with Gasteiger partial charge in [0.2, 0.25) is 0 Å². The van der Waals surface area contributed by atoms with Crippen LogP contribution < -0.4 is 11.1 Å². The first-order valence-corrected chi connectivity index (χ1v) is 5.27. The van der Waals surface area contributed by atoms with Crippen molar-refractivity contribution in [3.63, 3.8) is 0 Å². The number of nitrogens with zero attached hydrogens (tertiary/aromatic N) is 4. The van der Waals surface area contributed by atoms with Gasteiger partial charge in [0.05, 0.1) is 24.5 Å². The van der Waals surface area contributed by atoms with Gasteiger partial charge in [0.1, 0.15) is 5.52 Å². The van der Waals surface area contributed by atoms with Gasteiger partial charge in [-0.2, -0.15) is 5.10 Å². The summed E-state index contributed by atoms with van der Waals surface area (Å²) >= 11 is 0. The molecule has 8 heteroatoms. The van der Waals surface area contributed by atoms with Crippen LogP contribution in [0.15, 0.2) is 15.8 Å². The average Bonchev–Trinajstić information content (AvgIpc) is 2.75. The monoisotopic (exact) mass is 252 g/mol. The molecule has 2 rings (SSSR count). The number of rotatable bonds is 3. The Balaban J connectivity index is 2.70. The Kier molecular flexibility index (Phi) is 2.77. The Labute approximate surface area is 101 Å². The predicted octanol–water partition coefficient (Wildman–Crippen LogP) is -1.09. The Hall–Kier alpha value is -2.38. The third-order valence-corrected chi connectivity index (χ3v) is 2.85. The van der Waals surface area contributed by atoms with Gasteiger partial charge in [0, 0.05) is 14.1 Å². The third-order valence-electron chi connectivity index (χ3n) is 2.85. The van der Waals surface area contributed by atoms with Crippen LogP contribution in [0.1, 0.15) is 6.42 Å². The normalized spacial score (nSPS) is 11.0. The smallest absolute Gasteiger partial charge is 0.305 e. The van der Waals surface area contributed by atoms with Crippen molar-refractivity contribution in [2.75, 3.05) is 0 Å². The quantitative estimate of drug-likeness (QED) is 0.748. The number of fused-ring (bicyclic) bond motifs is 1. The lowest BCUT2D eigenvalue weighted by atomic mass is 10.3. The van der Waals surface area contributed by atoms with Gasteiger partial charge in [0.25, 0.3) is 11.1 Å². The van der Waals surface area contributed by atoms with Crippen LogP contribution >= 0.6 is 0 Å². The molecule has 0 radical (unpaired) electrons. The van der Waals surface area contributed by atoms with E-state index in [1.807, 2.05) is 0 Å². The van der Waals surface area contributed by atoms with Crippen LogP contribution in [0.4, 0.5) is 0 Å². The van der Waals surface area contributed by atoms with Crippen molar-refractivity contribution in [3.05, 3.63) is 26.9 Å². The second kappa shape index (κ2) is 4.13. The fourth-order valence-corrected chi connectivity index (χ4v) is 1.74. The van der Waals surface area contributed by atoms with E-state index in [4.69, 9.17) is 5.11 Å². The van der Waals surface area contributed by atoms with E-state index >= 15 is 0 Å². The van der Waals surface area contributed by atoms with Crippen molar-refractivity contribution >= 4 is 16.9 Å². The van der Waals surface area contributed by atoms with Crippen LogP contribution in [0.3, 0.4) is 0 Å². The molecular weight excluding hydrogens is 240 g/mol. The summed E-state index contributed by atoms with van der Waals surface area (Å²) in [4.78, 5) is 34.4. The summed E-state index contributed by atoms with van der Waals surface area (Å²) in [5.74, 6) is -0.987. The summed E-state index contributed by atoms with van der Waals surface area (Å²) in [6, 6.07) is 0. The SMILES string of the molecule is Cn1c(=O)c2cnn(CCC(=O)O)c2c(=O)n1C. The van der Waals surface area contributed by atoms with Crippen LogP contribution in [-0.2, 0) is 25.4 Å². The van der Waals surface area contributed by atoms with Crippen molar-refractivity contribution in [1.29, 1.82) is 0 Å². The Morgan fingerprint density at radius 2 is 1.89 bits per heavy atom. The fraction of sp³-hybridized carbons (Fsp3) is 0.400. The van der Waals surface area contributed by atoms with Crippen molar-refractivity contribution in [3.8, 4) is 0 Å². The van der Waals surface area contributed by atoms with Crippen molar-refractivity contribution in [1.82, 2.24) is 19.1 Å². The molecule has 1 N–H and O–H groups in total. The van der Waals surface area contributed by atoms with Gasteiger partial charge in [-0.25, -0.2) is 4.68 Å². The molecule has 2 aromatic rings. The summed E-state index contributed by atoms with van der Waals surface area (Å²) in [5.41, 5.74) is -0.578. The number of hydrogen-bond acceptors (Lipinski definition) is 4. The Morgan fingerprint density at radius 1 is 1.28 bits per heavy atom. The van der Waals surface area contributed by atoms with Gasteiger partial charge in [-0.3, -0.25) is 23.7 Å². The maximum Gasteiger partial charge on any atom is 0.305 e. The molecule has 0 fully saturated rings. The molecule has 0 aromatic carbocycles. The van der Waals surface area contributed by atoms with Crippen molar-refractivity contribution < 1.29 is 9.90 Å². The number of aryl methyl sites for hydroxylation is 1. The molecule has 8 nitrogen and oxygen atoms in total. The minimum Gasteiger partial charge on any atom is -0.481 e. The van der Waals surface area contributed by atoms with Gasteiger partial charge < -0.3 is 5.11 Å². The lowest BCUT2D eigenvalue weighted by Gasteiger charge is -2.07. The van der Waals surface area contributed by atoms with Crippen LogP contribution in [0.2, 0.25) is 0 Å². The summed E-state index contributed by atoms with van der Waals surface area (Å²) in [6.07, 6.45) is 1.13. The summed E-state index contributed by atoms with van der Waals surface area (Å²) in [5, 5.41) is 12.7. The maximum absolute atomic E-state index is 12.0. The largest absolute Gasteiger partial charge is 0.481 e. The van der Waals surface area contributed by atoms with E-state index in [0.29, 0.717) is 0 Å². The van der Waals surface area contributed by atoms with Crippen LogP contribution in [-0.4, -0.2) is 30.2 Å². The zero-order valence-electron chi connectivity index (χ0n) is 9.95. The molecule has 0 aliphatic carbocycles. The maximum atomic E-state index is 12.0. The Bertz CT molecular complexity index is 737. The molecule has 0 unspecified atom stereocenters. The van der Waals surface area contributed by atoms with E-state index in [2.05, 4.69) is 5.10 Å². The van der Waals surface area contributed by atoms with Gasteiger partial charge >= 0.3 is 5.97 Å². The van der Waals surface area contributed by atoms with E-state index in [-0.39, 0.29) is 35.0 Å². The van der Waals surface area contributed by atoms with Crippen LogP contribution in [0.5, 0.6) is 0 Å². The third kappa shape index (κ3) is 1.71. The van der Waals surface area contributed by atoms with E-state index < -0.39 is 5.97 Å². The van der Waals surface area contributed by atoms with Crippen molar-refractivity contribution in [2.45, 2.75) is 13.0 Å². The van der Waals surface area contributed by atoms with E-state index in [1.165, 1.54) is 34.3 Å². The molecule has 18 heavy (non-hydrogen) atoms. The molecule has 0 atom stereocenters. The molecular formula is C10H12N4O4. The standard InChI is InChI=1S/C10H12N4O4/c1-12-9(17)6-5-11-14(4-3-7(15)16)8(6)10(18)13(12)2/h5H,3-4H2,1-2H3,(H,15,16). The minimum atomic E-state index is -0.987. The zero-order chi connectivity index (χ0) is 13.4. The highest BCUT2D eigenvalue weighted by Crippen LogP contribution is 2.04. The van der Waals surface area contributed by atoms with Crippen LogP contribution in [0, 0.1) is 0 Å². The first-order chi connectivity index (χ1) is 8.43. The van der Waals surface area contributed by atoms with E-state index in [9.17, 15) is 14.4 Å². The highest BCUT2D eigenvalue weighted by molar-refractivity contribution is 5.76. The fourth-order valence-electron chi connectivity index (χ4n) is 1.74. The first kappa shape index (κ1) is 12.1. The number of carboxylic acid groups (broad SMARTS) is 1. The summed E-state index contributed by atoms with van der Waals surface area (Å²) < 4.78 is 3.62. The molecule has 0 aliphatic rings. The van der Waals surface area contributed by atoms with Gasteiger partial charge in [-0.05, 0) is 0 Å². The molecule has 0 aliphatic heterocycles. The molecule has 0 bridgehead atoms. The molecule has 96 valence electrons. The van der Waals surface area contributed by atoms with Crippen molar-refractivity contribution in [2.24, 2.45) is 14.1 Å². The highest BCUT2D eigenvalue weighted by Gasteiger charge is 2.14. The average molecular weight is 252 g/mol. The number of aromatic nitrogens is 4. The summed E-state index contributed by atoms with van der Waals surface area (Å²) in [6.45, 7) is 0.0568. The second-order valence-corrected chi connectivity index (χ2v) is 3.93. The van der Waals surface area contributed by atoms with E-state index in [1.54, 1.807) is 0 Å². The molecule has 0 amide bonds. The Morgan fingerprint density at radius 3 is 2.50 bits per heavy atom. The number of aliphatic carboxylic acids is 1. The second-order valence-electron chi connectivity index (χ2n) is 3.93. The highest BCUT2D eigenvalue weighted by atomic mass is 16.4. The number of carbonyl (C=O) groups is 1. The molecule has 0 saturated heterocycles. The lowest BCUT2D eigenvalue weighted by Crippen LogP contribution is -2.35. The topological polar surface area (TPSA) is 99.1 Å². The molecule has 2 heterocycles. The molecule has 0 saturated carbocycles. The number of carboxylic acids is 1. The predicted molar refractivity (Wildman–Crippen MR) is 62.5 cm³/mol. The van der Waals surface area contributed by atoms with E-state index in [0.717, 1.165) is 0 Å². The zero-order valence-corrected chi connectivity index (χ0v) is 9.95. The van der Waals surface area contributed by atoms with Gasteiger partial charge in [-0.1, -0.05) is 0 Å². The first-order valence-electron chi connectivity index (χ1n) is 5.27. The minimum absolute atomic E-state index is 0.0568. The van der Waals surface area contributed by atoms with Crippen LogP contribution in [0.25, 0.3) is 10.9 Å². The van der Waals surface area contributed by atoms with Gasteiger partial charge in [0.15, 0.2) is 0 Å². The van der Waals surface area contributed by atoms with Gasteiger partial charge in [-0.15, -0.1) is 0 Å². The summed E-state index contributed by atoms with van der Waals surface area (Å²) in [7, 11) is 2.95. The molecule has 2 aromatic heterocycles. The molecule has 0 spiro atoms.